The smallest absolute Gasteiger partial charge is 0.312 e. The molecule has 1 saturated heterocycles. The van der Waals surface area contributed by atoms with Crippen LogP contribution in [-0.2, 0) is 33.0 Å². The van der Waals surface area contributed by atoms with Gasteiger partial charge < -0.3 is 24.3 Å². The van der Waals surface area contributed by atoms with Crippen LogP contribution < -0.4 is 10.1 Å². The highest BCUT2D eigenvalue weighted by Gasteiger charge is 2.49. The first-order valence-electron chi connectivity index (χ1n) is 17.9. The summed E-state index contributed by atoms with van der Waals surface area (Å²) in [4.78, 5) is 13.0. The van der Waals surface area contributed by atoms with Gasteiger partial charge in [0.25, 0.3) is 0 Å². The molecule has 8 rings (SSSR count). The first kappa shape index (κ1) is 36.0. The van der Waals surface area contributed by atoms with Crippen LogP contribution in [0.3, 0.4) is 0 Å². The number of hydrogen-bond donors (Lipinski definition) is 1. The van der Waals surface area contributed by atoms with Crippen LogP contribution in [0.25, 0.3) is 11.2 Å². The molecule has 0 amide bonds. The monoisotopic (exact) mass is 738 g/mol. The lowest BCUT2D eigenvalue weighted by atomic mass is 9.77. The van der Waals surface area contributed by atoms with Gasteiger partial charge in [0.2, 0.25) is 0 Å². The van der Waals surface area contributed by atoms with Crippen molar-refractivity contribution in [3.8, 4) is 5.75 Å². The minimum Gasteiger partial charge on any atom is -0.497 e. The third-order valence-corrected chi connectivity index (χ3v) is 9.69. The van der Waals surface area contributed by atoms with Crippen molar-refractivity contribution in [3.63, 3.8) is 0 Å². The second-order valence-corrected chi connectivity index (χ2v) is 13.1. The Morgan fingerprint density at radius 2 is 1.27 bits per heavy atom. The molecule has 9 nitrogen and oxygen atoms in total. The predicted octanol–water partition coefficient (Wildman–Crippen LogP) is 8.58. The quantitative estimate of drug-likeness (QED) is 0.0877. The summed E-state index contributed by atoms with van der Waals surface area (Å²) in [5, 5.41) is 3.59. The summed E-state index contributed by atoms with van der Waals surface area (Å²) in [6.45, 7) is 0.416. The first-order valence-corrected chi connectivity index (χ1v) is 17.9. The molecule has 3 atom stereocenters. The summed E-state index contributed by atoms with van der Waals surface area (Å²) in [5.74, 6) is 0.781. The predicted molar refractivity (Wildman–Crippen MR) is 204 cm³/mol. The highest BCUT2D eigenvalue weighted by Crippen LogP contribution is 2.43. The van der Waals surface area contributed by atoms with E-state index in [1.54, 1.807) is 7.11 Å². The van der Waals surface area contributed by atoms with Crippen molar-refractivity contribution < 1.29 is 27.7 Å². The fourth-order valence-electron chi connectivity index (χ4n) is 7.00. The molecular formula is C44H38F2N5O4. The molecule has 0 unspecified atom stereocenters. The normalized spacial score (nSPS) is 17.4. The maximum Gasteiger partial charge on any atom is 0.312 e. The lowest BCUT2D eigenvalue weighted by molar-refractivity contribution is -0.0198. The Morgan fingerprint density at radius 3 is 1.87 bits per heavy atom. The number of alkyl halides is 1. The Balaban J connectivity index is 1.17. The Kier molecular flexibility index (Phi) is 10.6. The van der Waals surface area contributed by atoms with Crippen molar-refractivity contribution in [2.75, 3.05) is 19.0 Å². The number of halogens is 2. The second-order valence-electron chi connectivity index (χ2n) is 13.1. The van der Waals surface area contributed by atoms with E-state index in [0.717, 1.165) is 27.8 Å². The van der Waals surface area contributed by atoms with Gasteiger partial charge in [0.1, 0.15) is 17.4 Å². The van der Waals surface area contributed by atoms with E-state index in [9.17, 15) is 0 Å². The van der Waals surface area contributed by atoms with E-state index >= 15 is 8.78 Å². The highest BCUT2D eigenvalue weighted by atomic mass is 19.1. The summed E-state index contributed by atoms with van der Waals surface area (Å²) in [6.07, 6.45) is -3.44. The van der Waals surface area contributed by atoms with Gasteiger partial charge in [0, 0.05) is 0 Å². The van der Waals surface area contributed by atoms with Crippen LogP contribution in [0.4, 0.5) is 14.6 Å². The van der Waals surface area contributed by atoms with Gasteiger partial charge in [-0.1, -0.05) is 133 Å². The van der Waals surface area contributed by atoms with Gasteiger partial charge in [0.05, 0.1) is 33.3 Å². The molecule has 7 aromatic rings. The summed E-state index contributed by atoms with van der Waals surface area (Å²) in [5.41, 5.74) is 3.54. The molecule has 1 aliphatic rings. The number of anilines is 1. The maximum atomic E-state index is 16.7. The number of imidazole rings is 1. The van der Waals surface area contributed by atoms with Crippen molar-refractivity contribution in [2.45, 2.75) is 37.3 Å². The topological polar surface area (TPSA) is 92.6 Å². The van der Waals surface area contributed by atoms with Crippen molar-refractivity contribution >= 4 is 17.0 Å². The van der Waals surface area contributed by atoms with Crippen LogP contribution >= 0.6 is 0 Å². The molecule has 11 heteroatoms. The summed E-state index contributed by atoms with van der Waals surface area (Å²) in [6, 6.07) is 46.4. The Bertz CT molecular complexity index is 2260. The van der Waals surface area contributed by atoms with E-state index in [4.69, 9.17) is 18.9 Å². The molecule has 1 N–H and O–H groups in total. The molecule has 1 radical (unpaired) electrons. The maximum absolute atomic E-state index is 16.7. The van der Waals surface area contributed by atoms with Gasteiger partial charge >= 0.3 is 6.08 Å². The van der Waals surface area contributed by atoms with Crippen LogP contribution in [0.15, 0.2) is 152 Å². The van der Waals surface area contributed by atoms with E-state index in [-0.39, 0.29) is 36.3 Å². The number of fused-ring (bicyclic) bond motifs is 1. The fourth-order valence-corrected chi connectivity index (χ4v) is 7.00. The number of aromatic nitrogens is 4. The molecule has 5 aromatic carbocycles. The Hall–Kier alpha value is -6.01. The van der Waals surface area contributed by atoms with Gasteiger partial charge in [-0.25, -0.2) is 9.37 Å². The average Bonchev–Trinajstić information content (AvgIpc) is 3.80. The molecule has 0 saturated carbocycles. The van der Waals surface area contributed by atoms with Crippen molar-refractivity contribution in [1.29, 1.82) is 0 Å². The number of rotatable bonds is 14. The molecule has 1 fully saturated rings. The van der Waals surface area contributed by atoms with Gasteiger partial charge in [-0.3, -0.25) is 4.57 Å². The van der Waals surface area contributed by atoms with Crippen LogP contribution in [0.2, 0.25) is 0 Å². The molecule has 1 aliphatic heterocycles. The summed E-state index contributed by atoms with van der Waals surface area (Å²) < 4.78 is 57.7. The van der Waals surface area contributed by atoms with Gasteiger partial charge in [-0.15, -0.1) is 0 Å². The van der Waals surface area contributed by atoms with E-state index in [1.165, 1.54) is 10.9 Å². The van der Waals surface area contributed by atoms with E-state index in [1.807, 2.05) is 146 Å². The number of ether oxygens (including phenoxy) is 4. The molecule has 277 valence electrons. The summed E-state index contributed by atoms with van der Waals surface area (Å²) >= 11 is 0. The number of nitrogens with one attached hydrogen (secondary N) is 1. The van der Waals surface area contributed by atoms with Gasteiger partial charge in [-0.2, -0.15) is 14.4 Å². The molecule has 3 heterocycles. The lowest BCUT2D eigenvalue weighted by Gasteiger charge is -2.37. The zero-order chi connectivity index (χ0) is 37.6. The minimum atomic E-state index is -1.71. The van der Waals surface area contributed by atoms with Crippen molar-refractivity contribution in [2.24, 2.45) is 0 Å². The standard InChI is InChI=1S/C44H38F2N5O4/c1-52-35-24-22-34(23-25-35)44(32-18-10-4-11-19-32,33-20-12-5-13-21-33)50-40-38-41(49-43(46)48-40)51(29-47-38)42-37(45)39(54-27-31-16-8-3-9-17-31)36(55-42)28-53-26-30-14-6-2-7-15-30/h2-25,29,37,39,42H,26-28H2,1H3,(H,48,49,50)/t37-,39+,42+/m0/s1. The average molecular weight is 739 g/mol. The van der Waals surface area contributed by atoms with Crippen molar-refractivity contribution in [3.05, 3.63) is 192 Å². The van der Waals surface area contributed by atoms with Gasteiger partial charge in [-0.05, 0) is 39.9 Å². The number of hydrogen-bond acceptors (Lipinski definition) is 8. The molecule has 55 heavy (non-hydrogen) atoms. The third kappa shape index (κ3) is 7.42. The zero-order valence-corrected chi connectivity index (χ0v) is 30.0. The first-order chi connectivity index (χ1) is 27.0. The SMILES string of the molecule is COc1ccc(C(Nc2nc(F)nc3c2ncn3[C@@H]2O[C](COCc3ccccc3)[C@@H](OCc3ccccc3)[C@@H]2F)(c2ccccc2)c2ccccc2)cc1. The third-order valence-electron chi connectivity index (χ3n) is 9.69. The molecule has 0 aliphatic carbocycles. The molecule has 0 bridgehead atoms. The highest BCUT2D eigenvalue weighted by molar-refractivity contribution is 5.84. The number of benzene rings is 5. The molecule has 0 spiro atoms. The van der Waals surface area contributed by atoms with Gasteiger partial charge in [0.15, 0.2) is 35.5 Å². The van der Waals surface area contributed by atoms with E-state index in [0.29, 0.717) is 12.4 Å². The molecular weight excluding hydrogens is 701 g/mol. The van der Waals surface area contributed by atoms with E-state index in [2.05, 4.69) is 20.3 Å². The molecule has 2 aromatic heterocycles. The second kappa shape index (κ2) is 16.2. The number of nitrogens with zero attached hydrogens (tertiary/aromatic N) is 4. The van der Waals surface area contributed by atoms with Crippen LogP contribution in [0.1, 0.15) is 34.0 Å². The fraction of sp³-hybridized carbons (Fsp3) is 0.182. The summed E-state index contributed by atoms with van der Waals surface area (Å²) in [7, 11) is 1.61. The van der Waals surface area contributed by atoms with Crippen LogP contribution in [0.5, 0.6) is 5.75 Å². The Labute approximate surface area is 317 Å². The number of methoxy groups -OCH3 is 1. The van der Waals surface area contributed by atoms with Crippen LogP contribution in [-0.4, -0.2) is 45.5 Å². The minimum absolute atomic E-state index is 0.0212. The van der Waals surface area contributed by atoms with Crippen molar-refractivity contribution in [1.82, 2.24) is 19.5 Å². The van der Waals surface area contributed by atoms with Crippen LogP contribution in [0, 0.1) is 12.2 Å². The largest absolute Gasteiger partial charge is 0.497 e. The lowest BCUT2D eigenvalue weighted by Crippen LogP contribution is -2.38. The van der Waals surface area contributed by atoms with E-state index < -0.39 is 30.1 Å². The zero-order valence-electron chi connectivity index (χ0n) is 30.0. The Morgan fingerprint density at radius 1 is 0.709 bits per heavy atom.